The number of anilines is 2. The van der Waals surface area contributed by atoms with Crippen molar-refractivity contribution in [1.82, 2.24) is 0 Å². The molecule has 46 heavy (non-hydrogen) atoms. The Morgan fingerprint density at radius 3 is 2.20 bits per heavy atom. The zero-order valence-corrected chi connectivity index (χ0v) is 28.3. The Bertz CT molecular complexity index is 1950. The average molecular weight is 647 g/mol. The fraction of sp³-hybridized carbons (Fsp3) is 0.128. The summed E-state index contributed by atoms with van der Waals surface area (Å²) in [5.41, 5.74) is 5.31. The molecule has 0 aliphatic carbocycles. The average Bonchev–Trinajstić information content (AvgIpc) is 3.26. The molecule has 7 heteroatoms. The molecule has 3 aromatic carbocycles. The van der Waals surface area contributed by atoms with E-state index in [1.165, 1.54) is 0 Å². The van der Waals surface area contributed by atoms with Crippen molar-refractivity contribution in [2.75, 3.05) is 9.21 Å². The van der Waals surface area contributed by atoms with Gasteiger partial charge in [0, 0.05) is 38.0 Å². The summed E-state index contributed by atoms with van der Waals surface area (Å²) in [5.74, 6) is -0.500. The minimum Gasteiger partial charge on any atom is -0.504 e. The lowest BCUT2D eigenvalue weighted by Crippen LogP contribution is -2.33. The van der Waals surface area contributed by atoms with Crippen LogP contribution in [0.1, 0.15) is 49.9 Å². The number of allylic oxidation sites excluding steroid dienone is 9. The van der Waals surface area contributed by atoms with Crippen LogP contribution < -0.4 is 20.1 Å². The highest BCUT2D eigenvalue weighted by Gasteiger charge is 2.40. The molecule has 0 saturated heterocycles. The van der Waals surface area contributed by atoms with E-state index in [0.29, 0.717) is 5.70 Å². The molecule has 0 bridgehead atoms. The van der Waals surface area contributed by atoms with E-state index in [-0.39, 0.29) is 5.56 Å². The summed E-state index contributed by atoms with van der Waals surface area (Å²) in [6.45, 7) is 24.1. The smallest absolute Gasteiger partial charge is 0.268 e. The predicted octanol–water partition coefficient (Wildman–Crippen LogP) is 9.44. The number of hydrogen-bond acceptors (Lipinski definition) is 7. The molecule has 3 aromatic rings. The number of aromatic hydroxyl groups is 1. The van der Waals surface area contributed by atoms with Gasteiger partial charge in [0.05, 0.1) is 11.3 Å². The molecule has 0 unspecified atom stereocenters. The Balaban J connectivity index is 1.61. The molecule has 0 saturated carbocycles. The molecular weight excluding hydrogens is 609 g/mol. The van der Waals surface area contributed by atoms with E-state index >= 15 is 0 Å². The second-order valence-electron chi connectivity index (χ2n) is 11.0. The SMILES string of the molecule is C=C/C=C\C(=C/C)N(/C(C=C)=C/C=C)c1ccc(C(=C)S/C(=C\C)c2ccc3c(c2)N(S)/C(=C/c2c(O)c(=O)c2=O)C3(C)C)cc1. The summed E-state index contributed by atoms with van der Waals surface area (Å²) in [6.07, 6.45) is 16.7. The van der Waals surface area contributed by atoms with E-state index in [2.05, 4.69) is 79.8 Å². The first-order valence-corrected chi connectivity index (χ1v) is 15.9. The van der Waals surface area contributed by atoms with Gasteiger partial charge in [0.2, 0.25) is 5.43 Å². The molecule has 234 valence electrons. The Kier molecular flexibility index (Phi) is 10.5. The first-order chi connectivity index (χ1) is 21.9. The maximum absolute atomic E-state index is 12.1. The lowest BCUT2D eigenvalue weighted by molar-refractivity contribution is 0.461. The van der Waals surface area contributed by atoms with Gasteiger partial charge in [-0.25, -0.2) is 0 Å². The molecule has 1 N–H and O–H groups in total. The quantitative estimate of drug-likeness (QED) is 0.116. The van der Waals surface area contributed by atoms with E-state index in [1.54, 1.807) is 40.4 Å². The molecule has 1 aliphatic heterocycles. The molecule has 0 radical (unpaired) electrons. The summed E-state index contributed by atoms with van der Waals surface area (Å²) in [4.78, 5) is 27.6. The monoisotopic (exact) mass is 646 g/mol. The van der Waals surface area contributed by atoms with Gasteiger partial charge in [0.25, 0.3) is 5.43 Å². The van der Waals surface area contributed by atoms with Crippen molar-refractivity contribution < 1.29 is 5.11 Å². The third kappa shape index (κ3) is 6.34. The molecule has 0 amide bonds. The van der Waals surface area contributed by atoms with Gasteiger partial charge < -0.3 is 10.0 Å². The van der Waals surface area contributed by atoms with Gasteiger partial charge >= 0.3 is 0 Å². The lowest BCUT2D eigenvalue weighted by Gasteiger charge is -2.27. The standard InChI is InChI=1S/C39H38N2O3S2/c1-9-14-16-29(12-4)40(28(11-3)15-10-2)30-20-17-26(18-21-30)25(6)46-34(13-5)27-19-22-32-33(23-27)41(45)35(39(32,7)8)24-31-36(42)38(44)37(31)43/h9-24,42,45H,1-3,6H2,4-5,7-8H3/b16-14-,28-15+,29-12+,34-13-,35-24+. The first-order valence-electron chi connectivity index (χ1n) is 14.7. The normalized spacial score (nSPS) is 15.8. The number of thioether (sulfide) groups is 1. The summed E-state index contributed by atoms with van der Waals surface area (Å²) >= 11 is 6.34. The Hall–Kier alpha value is -4.72. The van der Waals surface area contributed by atoms with E-state index in [4.69, 9.17) is 12.8 Å². The van der Waals surface area contributed by atoms with Gasteiger partial charge in [0.15, 0.2) is 5.75 Å². The van der Waals surface area contributed by atoms with Crippen LogP contribution in [0.25, 0.3) is 15.9 Å². The second-order valence-corrected chi connectivity index (χ2v) is 12.6. The van der Waals surface area contributed by atoms with Gasteiger partial charge in [-0.15, -0.1) is 0 Å². The summed E-state index contributed by atoms with van der Waals surface area (Å²) in [7, 11) is 0. The maximum atomic E-state index is 12.1. The van der Waals surface area contributed by atoms with Crippen LogP contribution in [0.4, 0.5) is 11.4 Å². The van der Waals surface area contributed by atoms with Crippen LogP contribution in [0.5, 0.6) is 5.75 Å². The van der Waals surface area contributed by atoms with E-state index in [1.807, 2.05) is 52.0 Å². The summed E-state index contributed by atoms with van der Waals surface area (Å²) < 4.78 is 1.72. The van der Waals surface area contributed by atoms with Crippen molar-refractivity contribution in [3.63, 3.8) is 0 Å². The third-order valence-electron chi connectivity index (χ3n) is 7.91. The maximum Gasteiger partial charge on any atom is 0.268 e. The van der Waals surface area contributed by atoms with E-state index < -0.39 is 22.0 Å². The van der Waals surface area contributed by atoms with Crippen LogP contribution in [0, 0.1) is 0 Å². The minimum atomic E-state index is -0.857. The molecule has 0 atom stereocenters. The number of thiol groups is 1. The van der Waals surface area contributed by atoms with Crippen LogP contribution in [-0.2, 0) is 5.41 Å². The van der Waals surface area contributed by atoms with Crippen molar-refractivity contribution in [3.8, 4) is 5.75 Å². The number of nitrogens with zero attached hydrogens (tertiary/aromatic N) is 2. The molecule has 0 spiro atoms. The van der Waals surface area contributed by atoms with Gasteiger partial charge in [0.1, 0.15) is 0 Å². The Morgan fingerprint density at radius 1 is 0.957 bits per heavy atom. The van der Waals surface area contributed by atoms with Crippen LogP contribution in [0.3, 0.4) is 0 Å². The van der Waals surface area contributed by atoms with Crippen molar-refractivity contribution in [2.24, 2.45) is 0 Å². The molecule has 0 fully saturated rings. The number of fused-ring (bicyclic) bond motifs is 1. The molecule has 5 nitrogen and oxygen atoms in total. The van der Waals surface area contributed by atoms with Crippen LogP contribution in [-0.4, -0.2) is 5.11 Å². The van der Waals surface area contributed by atoms with Gasteiger partial charge in [-0.2, -0.15) is 0 Å². The fourth-order valence-electron chi connectivity index (χ4n) is 5.37. The zero-order valence-electron chi connectivity index (χ0n) is 26.6. The van der Waals surface area contributed by atoms with Crippen molar-refractivity contribution >= 4 is 51.8 Å². The van der Waals surface area contributed by atoms with Crippen LogP contribution in [0.15, 0.2) is 144 Å². The van der Waals surface area contributed by atoms with E-state index in [9.17, 15) is 14.7 Å². The van der Waals surface area contributed by atoms with Gasteiger partial charge in [-0.1, -0.05) is 119 Å². The molecule has 1 heterocycles. The fourth-order valence-corrected chi connectivity index (χ4v) is 6.73. The van der Waals surface area contributed by atoms with E-state index in [0.717, 1.165) is 49.3 Å². The third-order valence-corrected chi connectivity index (χ3v) is 9.51. The highest BCUT2D eigenvalue weighted by molar-refractivity contribution is 8.16. The topological polar surface area (TPSA) is 60.9 Å². The van der Waals surface area contributed by atoms with Crippen molar-refractivity contribution in [2.45, 2.75) is 33.1 Å². The largest absolute Gasteiger partial charge is 0.504 e. The van der Waals surface area contributed by atoms with Gasteiger partial charge in [-0.3, -0.25) is 13.9 Å². The minimum absolute atomic E-state index is 0.0166. The number of benzene rings is 2. The molecule has 4 rings (SSSR count). The summed E-state index contributed by atoms with van der Waals surface area (Å²) in [6, 6.07) is 14.4. The summed E-state index contributed by atoms with van der Waals surface area (Å²) in [5, 5.41) is 9.96. The first kappa shape index (κ1) is 34.2. The molecule has 0 aromatic heterocycles. The number of rotatable bonds is 12. The van der Waals surface area contributed by atoms with Crippen molar-refractivity contribution in [1.29, 1.82) is 0 Å². The molecule has 1 aliphatic rings. The van der Waals surface area contributed by atoms with Crippen LogP contribution >= 0.6 is 24.6 Å². The highest BCUT2D eigenvalue weighted by Crippen LogP contribution is 2.51. The predicted molar refractivity (Wildman–Crippen MR) is 203 cm³/mol. The number of hydrogen-bond donors (Lipinski definition) is 2. The van der Waals surface area contributed by atoms with Gasteiger partial charge in [-0.05, 0) is 73.0 Å². The Morgan fingerprint density at radius 2 is 1.63 bits per heavy atom. The lowest BCUT2D eigenvalue weighted by atomic mass is 9.82. The van der Waals surface area contributed by atoms with Crippen LogP contribution in [0.2, 0.25) is 0 Å². The molecular formula is C39H38N2O3S2. The Labute approximate surface area is 281 Å². The zero-order chi connectivity index (χ0) is 33.8. The second kappa shape index (κ2) is 14.1. The highest BCUT2D eigenvalue weighted by atomic mass is 32.2. The van der Waals surface area contributed by atoms with Crippen molar-refractivity contribution in [3.05, 3.63) is 177 Å².